The van der Waals surface area contributed by atoms with Crippen LogP contribution in [-0.2, 0) is 6.54 Å². The summed E-state index contributed by atoms with van der Waals surface area (Å²) in [5.74, 6) is -0.214. The van der Waals surface area contributed by atoms with Crippen LogP contribution in [0.4, 0.5) is 5.69 Å². The Bertz CT molecular complexity index is 998. The number of amides is 1. The number of hydrogen-bond donors (Lipinski definition) is 2. The van der Waals surface area contributed by atoms with Crippen molar-refractivity contribution in [3.05, 3.63) is 41.9 Å². The van der Waals surface area contributed by atoms with Gasteiger partial charge in [0.05, 0.1) is 17.3 Å². The highest BCUT2D eigenvalue weighted by molar-refractivity contribution is 6.04. The second-order valence-corrected chi connectivity index (χ2v) is 7.99. The molecule has 0 unspecified atom stereocenters. The Morgan fingerprint density at radius 3 is 2.83 bits per heavy atom. The van der Waals surface area contributed by atoms with Gasteiger partial charge in [0, 0.05) is 25.0 Å². The number of likely N-dealkylation sites (N-methyl/N-ethyl adjacent to an activating group) is 1. The lowest BCUT2D eigenvalue weighted by Crippen LogP contribution is -2.30. The summed E-state index contributed by atoms with van der Waals surface area (Å²) < 4.78 is 4.12. The molecule has 0 saturated carbocycles. The Kier molecular flexibility index (Phi) is 5.64. The lowest BCUT2D eigenvalue weighted by molar-refractivity contribution is 0.102. The minimum absolute atomic E-state index is 0.214. The van der Waals surface area contributed by atoms with Crippen LogP contribution < -0.4 is 10.6 Å². The van der Waals surface area contributed by atoms with Crippen molar-refractivity contribution >= 4 is 22.5 Å². The van der Waals surface area contributed by atoms with Gasteiger partial charge in [-0.2, -0.15) is 0 Å². The summed E-state index contributed by atoms with van der Waals surface area (Å²) >= 11 is 0. The summed E-state index contributed by atoms with van der Waals surface area (Å²) in [6, 6.07) is 8.40. The van der Waals surface area contributed by atoms with E-state index in [0.717, 1.165) is 61.3 Å². The van der Waals surface area contributed by atoms with Gasteiger partial charge in [0.15, 0.2) is 5.69 Å². The van der Waals surface area contributed by atoms with Crippen LogP contribution in [0.5, 0.6) is 0 Å². The van der Waals surface area contributed by atoms with Crippen molar-refractivity contribution in [2.24, 2.45) is 0 Å². The molecular formula is C21H29N7O. The van der Waals surface area contributed by atoms with E-state index in [4.69, 9.17) is 0 Å². The van der Waals surface area contributed by atoms with E-state index >= 15 is 0 Å². The van der Waals surface area contributed by atoms with Gasteiger partial charge in [-0.25, -0.2) is 4.68 Å². The molecule has 1 amide bonds. The van der Waals surface area contributed by atoms with E-state index in [-0.39, 0.29) is 5.91 Å². The second-order valence-electron chi connectivity index (χ2n) is 7.99. The summed E-state index contributed by atoms with van der Waals surface area (Å²) in [5.41, 5.74) is 3.10. The maximum Gasteiger partial charge on any atom is 0.278 e. The zero-order valence-electron chi connectivity index (χ0n) is 17.4. The van der Waals surface area contributed by atoms with Gasteiger partial charge in [0.25, 0.3) is 5.91 Å². The number of aromatic nitrogens is 4. The highest BCUT2D eigenvalue weighted by Gasteiger charge is 2.23. The molecule has 0 radical (unpaired) electrons. The van der Waals surface area contributed by atoms with E-state index in [1.165, 1.54) is 0 Å². The summed E-state index contributed by atoms with van der Waals surface area (Å²) in [4.78, 5) is 15.0. The van der Waals surface area contributed by atoms with Gasteiger partial charge in [-0.1, -0.05) is 11.3 Å². The van der Waals surface area contributed by atoms with Crippen LogP contribution >= 0.6 is 0 Å². The number of fused-ring (bicyclic) bond motifs is 1. The molecule has 4 rings (SSSR count). The molecule has 1 saturated heterocycles. The fraction of sp³-hybridized carbons (Fsp3) is 0.476. The predicted molar refractivity (Wildman–Crippen MR) is 114 cm³/mol. The highest BCUT2D eigenvalue weighted by atomic mass is 16.2. The maximum absolute atomic E-state index is 12.9. The zero-order chi connectivity index (χ0) is 20.4. The van der Waals surface area contributed by atoms with E-state index in [0.29, 0.717) is 11.7 Å². The second kappa shape index (κ2) is 8.34. The van der Waals surface area contributed by atoms with Crippen LogP contribution in [0.2, 0.25) is 0 Å². The maximum atomic E-state index is 12.9. The van der Waals surface area contributed by atoms with Gasteiger partial charge in [-0.05, 0) is 70.5 Å². The number of benzene rings is 1. The molecule has 0 atom stereocenters. The first kappa shape index (κ1) is 19.6. The number of nitrogens with one attached hydrogen (secondary N) is 2. The fourth-order valence-electron chi connectivity index (χ4n) is 3.90. The Hall–Kier alpha value is -2.71. The summed E-state index contributed by atoms with van der Waals surface area (Å²) in [5, 5.41) is 16.0. The van der Waals surface area contributed by atoms with E-state index in [2.05, 4.69) is 56.8 Å². The molecule has 8 heteroatoms. The van der Waals surface area contributed by atoms with E-state index in [9.17, 15) is 4.79 Å². The predicted octanol–water partition coefficient (Wildman–Crippen LogP) is 2.28. The molecule has 8 nitrogen and oxygen atoms in total. The topological polar surface area (TPSA) is 80.0 Å². The van der Waals surface area contributed by atoms with Crippen LogP contribution in [0, 0.1) is 6.92 Å². The van der Waals surface area contributed by atoms with Crippen molar-refractivity contribution in [1.82, 2.24) is 29.8 Å². The third-order valence-electron chi connectivity index (χ3n) is 5.62. The van der Waals surface area contributed by atoms with Crippen LogP contribution in [0.3, 0.4) is 0 Å². The number of anilines is 1. The molecule has 3 heterocycles. The molecule has 0 aliphatic carbocycles. The van der Waals surface area contributed by atoms with Crippen molar-refractivity contribution in [3.63, 3.8) is 0 Å². The monoisotopic (exact) mass is 395 g/mol. The van der Waals surface area contributed by atoms with Gasteiger partial charge in [0.1, 0.15) is 0 Å². The van der Waals surface area contributed by atoms with Crippen LogP contribution in [0.25, 0.3) is 10.9 Å². The molecule has 1 aromatic carbocycles. The highest BCUT2D eigenvalue weighted by Crippen LogP contribution is 2.23. The quantitative estimate of drug-likeness (QED) is 0.669. The van der Waals surface area contributed by atoms with E-state index in [1.807, 2.05) is 29.8 Å². The number of nitrogens with zero attached hydrogens (tertiary/aromatic N) is 5. The van der Waals surface area contributed by atoms with Crippen molar-refractivity contribution < 1.29 is 4.79 Å². The number of piperidine rings is 1. The van der Waals surface area contributed by atoms with Gasteiger partial charge in [-0.15, -0.1) is 5.10 Å². The van der Waals surface area contributed by atoms with E-state index < -0.39 is 0 Å². The van der Waals surface area contributed by atoms with Gasteiger partial charge < -0.3 is 20.1 Å². The number of rotatable bonds is 6. The standard InChI is InChI=1S/C21H29N7O/c1-15-20(24-25-28(15)18-6-9-22-10-7-18)21(29)23-17-5-4-16-8-11-27(19(16)14-17)13-12-26(2)3/h4-5,8,11,14,18,22H,6-7,9-10,12-13H2,1-3H3,(H,23,29). The average Bonchev–Trinajstić information content (AvgIpc) is 3.30. The van der Waals surface area contributed by atoms with Crippen molar-refractivity contribution in [3.8, 4) is 0 Å². The van der Waals surface area contributed by atoms with Crippen LogP contribution in [-0.4, -0.2) is 64.1 Å². The molecule has 3 aromatic rings. The first-order valence-electron chi connectivity index (χ1n) is 10.2. The molecule has 1 fully saturated rings. The molecular weight excluding hydrogens is 366 g/mol. The fourth-order valence-corrected chi connectivity index (χ4v) is 3.90. The van der Waals surface area contributed by atoms with Gasteiger partial charge in [0.2, 0.25) is 0 Å². The third-order valence-corrected chi connectivity index (χ3v) is 5.62. The summed E-state index contributed by atoms with van der Waals surface area (Å²) in [6.45, 7) is 5.72. The van der Waals surface area contributed by atoms with Crippen LogP contribution in [0.1, 0.15) is 35.1 Å². The number of carbonyl (C=O) groups excluding carboxylic acids is 1. The Balaban J connectivity index is 1.51. The molecule has 1 aliphatic heterocycles. The Morgan fingerprint density at radius 1 is 1.28 bits per heavy atom. The molecule has 154 valence electrons. The lowest BCUT2D eigenvalue weighted by Gasteiger charge is -2.23. The summed E-state index contributed by atoms with van der Waals surface area (Å²) in [6.07, 6.45) is 4.10. The molecule has 0 spiro atoms. The largest absolute Gasteiger partial charge is 0.346 e. The van der Waals surface area contributed by atoms with Crippen LogP contribution in [0.15, 0.2) is 30.5 Å². The average molecular weight is 396 g/mol. The first-order chi connectivity index (χ1) is 14.0. The SMILES string of the molecule is Cc1c(C(=O)Nc2ccc3ccn(CCN(C)C)c3c2)nnn1C1CCNCC1. The van der Waals surface area contributed by atoms with E-state index in [1.54, 1.807) is 0 Å². The molecule has 2 N–H and O–H groups in total. The lowest BCUT2D eigenvalue weighted by atomic mass is 10.1. The first-order valence-corrected chi connectivity index (χ1v) is 10.2. The van der Waals surface area contributed by atoms with Gasteiger partial charge in [-0.3, -0.25) is 4.79 Å². The number of carbonyl (C=O) groups is 1. The van der Waals surface area contributed by atoms with Crippen molar-refractivity contribution in [2.75, 3.05) is 39.0 Å². The van der Waals surface area contributed by atoms with Crippen molar-refractivity contribution in [1.29, 1.82) is 0 Å². The smallest absolute Gasteiger partial charge is 0.278 e. The normalized spacial score (nSPS) is 15.3. The minimum Gasteiger partial charge on any atom is -0.346 e. The Morgan fingerprint density at radius 2 is 2.07 bits per heavy atom. The molecule has 1 aliphatic rings. The molecule has 0 bridgehead atoms. The molecule has 2 aromatic heterocycles. The zero-order valence-corrected chi connectivity index (χ0v) is 17.4. The molecule has 29 heavy (non-hydrogen) atoms. The van der Waals surface area contributed by atoms with Crippen molar-refractivity contribution in [2.45, 2.75) is 32.4 Å². The Labute approximate surface area is 170 Å². The third kappa shape index (κ3) is 4.18. The van der Waals surface area contributed by atoms with Gasteiger partial charge >= 0.3 is 0 Å². The minimum atomic E-state index is -0.214. The number of hydrogen-bond acceptors (Lipinski definition) is 5. The summed E-state index contributed by atoms with van der Waals surface area (Å²) in [7, 11) is 4.13.